The number of rotatable bonds is 5. The third kappa shape index (κ3) is 2.91. The van der Waals surface area contributed by atoms with Crippen molar-refractivity contribution in [2.75, 3.05) is 7.11 Å². The van der Waals surface area contributed by atoms with E-state index in [2.05, 4.69) is 4.98 Å². The van der Waals surface area contributed by atoms with Gasteiger partial charge in [0.05, 0.1) is 18.4 Å². The van der Waals surface area contributed by atoms with Crippen LogP contribution in [-0.2, 0) is 6.61 Å². The first-order valence-electron chi connectivity index (χ1n) is 5.91. The standard InChI is InChI=1S/C15H15NO3/c1-11-14(18-2)15(13(9-17)8-16-11)19-10-12-6-4-3-5-7-12/h3-9H,10H2,1-2H3. The van der Waals surface area contributed by atoms with Gasteiger partial charge in [-0.25, -0.2) is 0 Å². The Balaban J connectivity index is 2.28. The summed E-state index contributed by atoms with van der Waals surface area (Å²) in [4.78, 5) is 15.1. The van der Waals surface area contributed by atoms with Gasteiger partial charge in [0.2, 0.25) is 0 Å². The summed E-state index contributed by atoms with van der Waals surface area (Å²) in [5.74, 6) is 0.939. The van der Waals surface area contributed by atoms with Crippen molar-refractivity contribution in [2.24, 2.45) is 0 Å². The number of carbonyl (C=O) groups excluding carboxylic acids is 1. The molecular formula is C15H15NO3. The lowest BCUT2D eigenvalue weighted by Gasteiger charge is -2.14. The van der Waals surface area contributed by atoms with Gasteiger partial charge in [0, 0.05) is 6.20 Å². The highest BCUT2D eigenvalue weighted by Gasteiger charge is 2.14. The van der Waals surface area contributed by atoms with Crippen LogP contribution >= 0.6 is 0 Å². The highest BCUT2D eigenvalue weighted by Crippen LogP contribution is 2.32. The first-order chi connectivity index (χ1) is 9.26. The molecular weight excluding hydrogens is 242 g/mol. The minimum atomic E-state index is 0.376. The number of hydrogen-bond donors (Lipinski definition) is 0. The normalized spacial score (nSPS) is 10.0. The van der Waals surface area contributed by atoms with Crippen LogP contribution in [0.4, 0.5) is 0 Å². The molecule has 1 heterocycles. The Kier molecular flexibility index (Phi) is 4.13. The lowest BCUT2D eigenvalue weighted by atomic mass is 10.2. The van der Waals surface area contributed by atoms with E-state index in [0.29, 0.717) is 29.4 Å². The molecule has 0 unspecified atom stereocenters. The monoisotopic (exact) mass is 257 g/mol. The average Bonchev–Trinajstić information content (AvgIpc) is 2.46. The van der Waals surface area contributed by atoms with Gasteiger partial charge in [0.25, 0.3) is 0 Å². The van der Waals surface area contributed by atoms with Crippen molar-refractivity contribution >= 4 is 6.29 Å². The number of aldehydes is 1. The van der Waals surface area contributed by atoms with Gasteiger partial charge in [0.15, 0.2) is 17.8 Å². The molecule has 4 heteroatoms. The van der Waals surface area contributed by atoms with Gasteiger partial charge in [-0.3, -0.25) is 9.78 Å². The molecule has 0 aliphatic heterocycles. The summed E-state index contributed by atoms with van der Waals surface area (Å²) in [7, 11) is 1.54. The zero-order chi connectivity index (χ0) is 13.7. The molecule has 2 rings (SSSR count). The maximum absolute atomic E-state index is 11.0. The van der Waals surface area contributed by atoms with E-state index in [-0.39, 0.29) is 0 Å². The molecule has 0 radical (unpaired) electrons. The quantitative estimate of drug-likeness (QED) is 0.773. The van der Waals surface area contributed by atoms with Crippen LogP contribution in [0.15, 0.2) is 36.5 Å². The number of benzene rings is 1. The van der Waals surface area contributed by atoms with E-state index in [1.54, 1.807) is 0 Å². The number of methoxy groups -OCH3 is 1. The summed E-state index contributed by atoms with van der Waals surface area (Å²) in [6, 6.07) is 9.74. The van der Waals surface area contributed by atoms with Crippen LogP contribution in [0, 0.1) is 6.92 Å². The van der Waals surface area contributed by atoms with Crippen molar-refractivity contribution in [1.29, 1.82) is 0 Å². The first-order valence-corrected chi connectivity index (χ1v) is 5.91. The molecule has 1 aromatic heterocycles. The Morgan fingerprint density at radius 1 is 1.21 bits per heavy atom. The number of carbonyl (C=O) groups is 1. The molecule has 0 spiro atoms. The summed E-state index contributed by atoms with van der Waals surface area (Å²) in [6.45, 7) is 2.18. The number of pyridine rings is 1. The first kappa shape index (κ1) is 13.1. The highest BCUT2D eigenvalue weighted by molar-refractivity contribution is 5.80. The maximum atomic E-state index is 11.0. The summed E-state index contributed by atoms with van der Waals surface area (Å²) < 4.78 is 11.0. The lowest BCUT2D eigenvalue weighted by Crippen LogP contribution is -2.03. The van der Waals surface area contributed by atoms with E-state index in [1.807, 2.05) is 37.3 Å². The second-order valence-corrected chi connectivity index (χ2v) is 4.05. The van der Waals surface area contributed by atoms with Gasteiger partial charge in [-0.1, -0.05) is 30.3 Å². The largest absolute Gasteiger partial charge is 0.491 e. The van der Waals surface area contributed by atoms with Crippen LogP contribution in [0.2, 0.25) is 0 Å². The number of aromatic nitrogens is 1. The molecule has 0 saturated carbocycles. The van der Waals surface area contributed by atoms with Crippen LogP contribution in [0.5, 0.6) is 11.5 Å². The molecule has 1 aromatic carbocycles. The fourth-order valence-corrected chi connectivity index (χ4v) is 1.78. The molecule has 0 amide bonds. The third-order valence-corrected chi connectivity index (χ3v) is 2.75. The van der Waals surface area contributed by atoms with Gasteiger partial charge in [0.1, 0.15) is 6.61 Å². The van der Waals surface area contributed by atoms with Gasteiger partial charge < -0.3 is 9.47 Å². The molecule has 0 bridgehead atoms. The van der Waals surface area contributed by atoms with Gasteiger partial charge in [-0.2, -0.15) is 0 Å². The molecule has 0 fully saturated rings. The fraction of sp³-hybridized carbons (Fsp3) is 0.200. The fourth-order valence-electron chi connectivity index (χ4n) is 1.78. The summed E-state index contributed by atoms with van der Waals surface area (Å²) in [6.07, 6.45) is 2.21. The van der Waals surface area contributed by atoms with Gasteiger partial charge in [-0.05, 0) is 12.5 Å². The van der Waals surface area contributed by atoms with Crippen molar-refractivity contribution in [3.8, 4) is 11.5 Å². The molecule has 0 saturated heterocycles. The average molecular weight is 257 g/mol. The Hall–Kier alpha value is -2.36. The second-order valence-electron chi connectivity index (χ2n) is 4.05. The number of nitrogens with zero attached hydrogens (tertiary/aromatic N) is 1. The summed E-state index contributed by atoms with van der Waals surface area (Å²) in [5, 5.41) is 0. The smallest absolute Gasteiger partial charge is 0.182 e. The Bertz CT molecular complexity index is 567. The zero-order valence-electron chi connectivity index (χ0n) is 10.9. The predicted octanol–water partition coefficient (Wildman–Crippen LogP) is 2.79. The van der Waals surface area contributed by atoms with E-state index in [4.69, 9.17) is 9.47 Å². The van der Waals surface area contributed by atoms with E-state index in [0.717, 1.165) is 11.8 Å². The number of ether oxygens (including phenoxy) is 2. The highest BCUT2D eigenvalue weighted by atomic mass is 16.5. The van der Waals surface area contributed by atoms with E-state index in [9.17, 15) is 4.79 Å². The Labute approximate surface area is 112 Å². The van der Waals surface area contributed by atoms with Crippen LogP contribution < -0.4 is 9.47 Å². The SMILES string of the molecule is COc1c(C)ncc(C=O)c1OCc1ccccc1. The van der Waals surface area contributed by atoms with Crippen molar-refractivity contribution < 1.29 is 14.3 Å². The van der Waals surface area contributed by atoms with Gasteiger partial charge >= 0.3 is 0 Å². The van der Waals surface area contributed by atoms with E-state index >= 15 is 0 Å². The third-order valence-electron chi connectivity index (χ3n) is 2.75. The molecule has 0 N–H and O–H groups in total. The van der Waals surface area contributed by atoms with Gasteiger partial charge in [-0.15, -0.1) is 0 Å². The van der Waals surface area contributed by atoms with Crippen LogP contribution in [-0.4, -0.2) is 18.4 Å². The molecule has 98 valence electrons. The number of aryl methyl sites for hydroxylation is 1. The van der Waals surface area contributed by atoms with Crippen molar-refractivity contribution in [2.45, 2.75) is 13.5 Å². The second kappa shape index (κ2) is 6.00. The number of hydrogen-bond acceptors (Lipinski definition) is 4. The van der Waals surface area contributed by atoms with Crippen LogP contribution in [0.1, 0.15) is 21.6 Å². The van der Waals surface area contributed by atoms with Crippen LogP contribution in [0.25, 0.3) is 0 Å². The van der Waals surface area contributed by atoms with Crippen molar-refractivity contribution in [3.63, 3.8) is 0 Å². The molecule has 0 aliphatic carbocycles. The minimum absolute atomic E-state index is 0.376. The van der Waals surface area contributed by atoms with E-state index < -0.39 is 0 Å². The Morgan fingerprint density at radius 2 is 1.95 bits per heavy atom. The van der Waals surface area contributed by atoms with Crippen molar-refractivity contribution in [3.05, 3.63) is 53.3 Å². The molecule has 0 atom stereocenters. The predicted molar refractivity (Wildman–Crippen MR) is 71.7 cm³/mol. The zero-order valence-corrected chi connectivity index (χ0v) is 10.9. The molecule has 19 heavy (non-hydrogen) atoms. The lowest BCUT2D eigenvalue weighted by molar-refractivity contribution is 0.111. The molecule has 0 aliphatic rings. The Morgan fingerprint density at radius 3 is 2.58 bits per heavy atom. The molecule has 4 nitrogen and oxygen atoms in total. The van der Waals surface area contributed by atoms with E-state index in [1.165, 1.54) is 13.3 Å². The molecule has 2 aromatic rings. The van der Waals surface area contributed by atoms with Crippen molar-refractivity contribution in [1.82, 2.24) is 4.98 Å². The van der Waals surface area contributed by atoms with Crippen LogP contribution in [0.3, 0.4) is 0 Å². The summed E-state index contributed by atoms with van der Waals surface area (Å²) >= 11 is 0. The summed E-state index contributed by atoms with van der Waals surface area (Å²) in [5.41, 5.74) is 2.10. The maximum Gasteiger partial charge on any atom is 0.182 e. The topological polar surface area (TPSA) is 48.4 Å². The minimum Gasteiger partial charge on any atom is -0.491 e.